The summed E-state index contributed by atoms with van der Waals surface area (Å²) >= 11 is 7.57. The lowest BCUT2D eigenvalue weighted by atomic mass is 10.3. The molecule has 1 heterocycles. The van der Waals surface area contributed by atoms with Gasteiger partial charge in [0.2, 0.25) is 5.91 Å². The molecule has 0 fully saturated rings. The highest BCUT2D eigenvalue weighted by molar-refractivity contribution is 7.99. The van der Waals surface area contributed by atoms with Crippen LogP contribution in [0.3, 0.4) is 0 Å². The van der Waals surface area contributed by atoms with Gasteiger partial charge in [-0.15, -0.1) is 11.8 Å². The Bertz CT molecular complexity index is 1210. The molecule has 0 atom stereocenters. The number of anilines is 1. The zero-order valence-corrected chi connectivity index (χ0v) is 18.8. The van der Waals surface area contributed by atoms with E-state index >= 15 is 0 Å². The first-order chi connectivity index (χ1) is 15.6. The van der Waals surface area contributed by atoms with Crippen molar-refractivity contribution < 1.29 is 14.6 Å². The summed E-state index contributed by atoms with van der Waals surface area (Å²) in [5.41, 5.74) is 2.30. The molecule has 0 radical (unpaired) electrons. The standard InChI is InChI=1S/C24H22ClN3O3S/c25-17-10-11-19-21(14-17)28(12-13-29)23(26-19)15-32-16-24(30)27-20-8-4-5-9-22(20)31-18-6-2-1-3-7-18/h1-11,14,29H,12-13,15-16H2,(H,27,30). The molecule has 0 aliphatic heterocycles. The van der Waals surface area contributed by atoms with Gasteiger partial charge >= 0.3 is 0 Å². The number of nitrogens with zero attached hydrogens (tertiary/aromatic N) is 2. The van der Waals surface area contributed by atoms with Crippen LogP contribution in [-0.4, -0.2) is 32.9 Å². The van der Waals surface area contributed by atoms with Crippen molar-refractivity contribution in [2.24, 2.45) is 0 Å². The van der Waals surface area contributed by atoms with Gasteiger partial charge in [0.25, 0.3) is 0 Å². The Balaban J connectivity index is 1.39. The summed E-state index contributed by atoms with van der Waals surface area (Å²) in [6.07, 6.45) is 0. The molecule has 2 N–H and O–H groups in total. The summed E-state index contributed by atoms with van der Waals surface area (Å²) in [6.45, 7) is 0.414. The maximum absolute atomic E-state index is 12.6. The molecule has 1 aromatic heterocycles. The fourth-order valence-corrected chi connectivity index (χ4v) is 4.23. The molecule has 0 aliphatic carbocycles. The van der Waals surface area contributed by atoms with Gasteiger partial charge in [0.1, 0.15) is 11.6 Å². The second-order valence-electron chi connectivity index (χ2n) is 6.99. The van der Waals surface area contributed by atoms with E-state index in [-0.39, 0.29) is 18.3 Å². The molecular weight excluding hydrogens is 446 g/mol. The van der Waals surface area contributed by atoms with E-state index in [0.717, 1.165) is 16.9 Å². The Hall–Kier alpha value is -3.00. The molecule has 0 saturated carbocycles. The van der Waals surface area contributed by atoms with Gasteiger partial charge in [-0.2, -0.15) is 0 Å². The molecule has 0 bridgehead atoms. The number of aliphatic hydroxyl groups excluding tert-OH is 1. The number of thioether (sulfide) groups is 1. The highest BCUT2D eigenvalue weighted by Crippen LogP contribution is 2.29. The van der Waals surface area contributed by atoms with Crippen molar-refractivity contribution in [2.75, 3.05) is 17.7 Å². The minimum atomic E-state index is -0.132. The summed E-state index contributed by atoms with van der Waals surface area (Å²) in [7, 11) is 0. The van der Waals surface area contributed by atoms with Gasteiger partial charge in [0.15, 0.2) is 5.75 Å². The number of carbonyl (C=O) groups is 1. The molecule has 0 aliphatic rings. The molecular formula is C24H22ClN3O3S. The van der Waals surface area contributed by atoms with Gasteiger partial charge in [-0.05, 0) is 42.5 Å². The highest BCUT2D eigenvalue weighted by Gasteiger charge is 2.13. The molecule has 6 nitrogen and oxygen atoms in total. The maximum atomic E-state index is 12.6. The third kappa shape index (κ3) is 5.43. The predicted molar refractivity (Wildman–Crippen MR) is 130 cm³/mol. The van der Waals surface area contributed by atoms with E-state index in [4.69, 9.17) is 16.3 Å². The van der Waals surface area contributed by atoms with Crippen molar-refractivity contribution in [3.8, 4) is 11.5 Å². The lowest BCUT2D eigenvalue weighted by Gasteiger charge is -2.12. The number of fused-ring (bicyclic) bond motifs is 1. The van der Waals surface area contributed by atoms with Gasteiger partial charge < -0.3 is 19.7 Å². The topological polar surface area (TPSA) is 76.4 Å². The van der Waals surface area contributed by atoms with Crippen molar-refractivity contribution in [2.45, 2.75) is 12.3 Å². The first kappa shape index (κ1) is 22.2. The monoisotopic (exact) mass is 467 g/mol. The smallest absolute Gasteiger partial charge is 0.234 e. The number of amides is 1. The Kier molecular flexibility index (Phi) is 7.32. The van der Waals surface area contributed by atoms with E-state index < -0.39 is 0 Å². The Morgan fingerprint density at radius 3 is 2.69 bits per heavy atom. The summed E-state index contributed by atoms with van der Waals surface area (Å²) in [5, 5.41) is 13.0. The van der Waals surface area contributed by atoms with Crippen LogP contribution in [0.4, 0.5) is 5.69 Å². The van der Waals surface area contributed by atoms with Crippen molar-refractivity contribution in [1.29, 1.82) is 0 Å². The summed E-state index contributed by atoms with van der Waals surface area (Å²) < 4.78 is 7.84. The van der Waals surface area contributed by atoms with Crippen LogP contribution in [0.1, 0.15) is 5.82 Å². The third-order valence-electron chi connectivity index (χ3n) is 4.71. The molecule has 0 spiro atoms. The van der Waals surface area contributed by atoms with E-state index in [1.165, 1.54) is 11.8 Å². The van der Waals surface area contributed by atoms with Crippen molar-refractivity contribution in [3.63, 3.8) is 0 Å². The lowest BCUT2D eigenvalue weighted by Crippen LogP contribution is -2.15. The number of para-hydroxylation sites is 3. The van der Waals surface area contributed by atoms with Gasteiger partial charge in [-0.3, -0.25) is 4.79 Å². The van der Waals surface area contributed by atoms with Crippen LogP contribution in [0.15, 0.2) is 72.8 Å². The van der Waals surface area contributed by atoms with Gasteiger partial charge in [0, 0.05) is 11.6 Å². The van der Waals surface area contributed by atoms with Crippen molar-refractivity contribution in [3.05, 3.63) is 83.6 Å². The zero-order valence-electron chi connectivity index (χ0n) is 17.2. The largest absolute Gasteiger partial charge is 0.455 e. The SMILES string of the molecule is O=C(CSCc1nc2ccc(Cl)cc2n1CCO)Nc1ccccc1Oc1ccccc1. The van der Waals surface area contributed by atoms with Crippen molar-refractivity contribution >= 4 is 46.0 Å². The third-order valence-corrected chi connectivity index (χ3v) is 5.87. The van der Waals surface area contributed by atoms with Crippen molar-refractivity contribution in [1.82, 2.24) is 9.55 Å². The number of hydrogen-bond acceptors (Lipinski definition) is 5. The number of aliphatic hydroxyl groups is 1. The van der Waals surface area contributed by atoms with E-state index in [2.05, 4.69) is 10.3 Å². The van der Waals surface area contributed by atoms with Crippen LogP contribution in [0.2, 0.25) is 5.02 Å². The number of nitrogens with one attached hydrogen (secondary N) is 1. The molecule has 0 unspecified atom stereocenters. The molecule has 3 aromatic carbocycles. The molecule has 164 valence electrons. The number of carbonyl (C=O) groups excluding carboxylic acids is 1. The molecule has 32 heavy (non-hydrogen) atoms. The van der Waals surface area contributed by atoms with Crippen LogP contribution >= 0.6 is 23.4 Å². The number of halogens is 1. The molecule has 0 saturated heterocycles. The number of benzene rings is 3. The van der Waals surface area contributed by atoms with Crippen LogP contribution in [-0.2, 0) is 17.1 Å². The number of imidazole rings is 1. The van der Waals surface area contributed by atoms with Crippen LogP contribution in [0.5, 0.6) is 11.5 Å². The lowest BCUT2D eigenvalue weighted by molar-refractivity contribution is -0.113. The first-order valence-corrected chi connectivity index (χ1v) is 11.6. The highest BCUT2D eigenvalue weighted by atomic mass is 35.5. The average Bonchev–Trinajstić information content (AvgIpc) is 3.13. The minimum Gasteiger partial charge on any atom is -0.455 e. The van der Waals surface area contributed by atoms with E-state index in [1.54, 1.807) is 6.07 Å². The Morgan fingerprint density at radius 1 is 1.09 bits per heavy atom. The quantitative estimate of drug-likeness (QED) is 0.347. The number of ether oxygens (including phenoxy) is 1. The first-order valence-electron chi connectivity index (χ1n) is 10.1. The molecule has 8 heteroatoms. The van der Waals surface area contributed by atoms with Crippen LogP contribution < -0.4 is 10.1 Å². The van der Waals surface area contributed by atoms with E-state index in [9.17, 15) is 9.90 Å². The second kappa shape index (κ2) is 10.5. The van der Waals surface area contributed by atoms with Gasteiger partial charge in [0.05, 0.1) is 34.8 Å². The Morgan fingerprint density at radius 2 is 1.88 bits per heavy atom. The van der Waals surface area contributed by atoms with Gasteiger partial charge in [-0.1, -0.05) is 41.9 Å². The summed E-state index contributed by atoms with van der Waals surface area (Å²) in [5.74, 6) is 2.73. The summed E-state index contributed by atoms with van der Waals surface area (Å²) in [4.78, 5) is 17.2. The second-order valence-corrected chi connectivity index (χ2v) is 8.41. The van der Waals surface area contributed by atoms with E-state index in [1.807, 2.05) is 71.3 Å². The van der Waals surface area contributed by atoms with Gasteiger partial charge in [-0.25, -0.2) is 4.98 Å². The zero-order chi connectivity index (χ0) is 22.3. The normalized spacial score (nSPS) is 10.9. The predicted octanol–water partition coefficient (Wildman–Crippen LogP) is 5.35. The van der Waals surface area contributed by atoms with E-state index in [0.29, 0.717) is 34.5 Å². The average molecular weight is 468 g/mol. The fraction of sp³-hybridized carbons (Fsp3) is 0.167. The fourth-order valence-electron chi connectivity index (χ4n) is 3.30. The molecule has 4 aromatic rings. The van der Waals surface area contributed by atoms with Crippen LogP contribution in [0.25, 0.3) is 11.0 Å². The molecule has 1 amide bonds. The maximum Gasteiger partial charge on any atom is 0.234 e. The number of aromatic nitrogens is 2. The molecule has 4 rings (SSSR count). The summed E-state index contributed by atoms with van der Waals surface area (Å²) in [6, 6.07) is 22.3. The number of hydrogen-bond donors (Lipinski definition) is 2. The Labute approximate surface area is 195 Å². The minimum absolute atomic E-state index is 0.00563. The van der Waals surface area contributed by atoms with Crippen LogP contribution in [0, 0.1) is 0 Å². The number of rotatable bonds is 9.